The van der Waals surface area contributed by atoms with Gasteiger partial charge in [0, 0.05) is 41.4 Å². The second-order valence-corrected chi connectivity index (χ2v) is 10.0. The van der Waals surface area contributed by atoms with Crippen molar-refractivity contribution < 1.29 is 13.2 Å². The van der Waals surface area contributed by atoms with E-state index in [2.05, 4.69) is 19.6 Å². The van der Waals surface area contributed by atoms with Gasteiger partial charge in [-0.15, -0.1) is 0 Å². The van der Waals surface area contributed by atoms with E-state index in [1.54, 1.807) is 55.9 Å². The van der Waals surface area contributed by atoms with E-state index in [-0.39, 0.29) is 16.7 Å². The van der Waals surface area contributed by atoms with E-state index >= 15 is 0 Å². The number of carbonyl (C=O) groups is 1. The van der Waals surface area contributed by atoms with Gasteiger partial charge in [0.15, 0.2) is 5.16 Å². The highest BCUT2D eigenvalue weighted by Crippen LogP contribution is 2.30. The van der Waals surface area contributed by atoms with Crippen molar-refractivity contribution in [1.29, 1.82) is 0 Å². The minimum atomic E-state index is -3.76. The maximum atomic E-state index is 12.8. The zero-order valence-corrected chi connectivity index (χ0v) is 18.3. The number of rotatable bonds is 6. The van der Waals surface area contributed by atoms with Crippen molar-refractivity contribution in [3.05, 3.63) is 54.7 Å². The number of hydrogen-bond donors (Lipinski definition) is 2. The van der Waals surface area contributed by atoms with Crippen LogP contribution in [0.3, 0.4) is 0 Å². The SMILES string of the molecule is CC(C)C(=O)Nc1ccc(S(=O)(=O)Nc2cccc(-c3cn4c(n3)SCC4)c2)cc1. The topological polar surface area (TPSA) is 93.1 Å². The van der Waals surface area contributed by atoms with E-state index in [0.717, 1.165) is 28.7 Å². The van der Waals surface area contributed by atoms with E-state index < -0.39 is 10.0 Å². The number of thioether (sulfide) groups is 1. The van der Waals surface area contributed by atoms with Gasteiger partial charge in [0.2, 0.25) is 5.91 Å². The smallest absolute Gasteiger partial charge is 0.261 e. The summed E-state index contributed by atoms with van der Waals surface area (Å²) in [6.07, 6.45) is 1.99. The molecule has 2 aromatic carbocycles. The molecule has 0 bridgehead atoms. The first-order valence-corrected chi connectivity index (χ1v) is 12.0. The summed E-state index contributed by atoms with van der Waals surface area (Å²) < 4.78 is 30.3. The first kappa shape index (κ1) is 20.5. The fourth-order valence-electron chi connectivity index (χ4n) is 3.01. The van der Waals surface area contributed by atoms with Crippen molar-refractivity contribution in [2.24, 2.45) is 5.92 Å². The predicted octanol–water partition coefficient (Wildman–Crippen LogP) is 4.05. The Labute approximate surface area is 180 Å². The van der Waals surface area contributed by atoms with E-state index in [4.69, 9.17) is 0 Å². The molecule has 2 heterocycles. The van der Waals surface area contributed by atoms with Crippen LogP contribution < -0.4 is 10.0 Å². The summed E-state index contributed by atoms with van der Waals surface area (Å²) in [5.41, 5.74) is 2.69. The molecular weight excluding hydrogens is 420 g/mol. The molecule has 0 aliphatic carbocycles. The number of nitrogens with zero attached hydrogens (tertiary/aromatic N) is 2. The molecule has 0 radical (unpaired) electrons. The van der Waals surface area contributed by atoms with Gasteiger partial charge in [0.1, 0.15) is 0 Å². The van der Waals surface area contributed by atoms with Crippen LogP contribution in [0.25, 0.3) is 11.3 Å². The van der Waals surface area contributed by atoms with Crippen LogP contribution in [-0.2, 0) is 21.4 Å². The quantitative estimate of drug-likeness (QED) is 0.601. The molecule has 1 aromatic heterocycles. The molecule has 30 heavy (non-hydrogen) atoms. The Balaban J connectivity index is 1.51. The third-order valence-electron chi connectivity index (χ3n) is 4.67. The highest BCUT2D eigenvalue weighted by molar-refractivity contribution is 7.99. The molecule has 2 N–H and O–H groups in total. The van der Waals surface area contributed by atoms with E-state index in [1.807, 2.05) is 12.3 Å². The van der Waals surface area contributed by atoms with Crippen molar-refractivity contribution in [1.82, 2.24) is 9.55 Å². The Kier molecular flexibility index (Phi) is 5.57. The fraction of sp³-hybridized carbons (Fsp3) is 0.238. The molecule has 4 rings (SSSR count). The Morgan fingerprint density at radius 2 is 1.90 bits per heavy atom. The lowest BCUT2D eigenvalue weighted by Gasteiger charge is -2.11. The molecule has 9 heteroatoms. The van der Waals surface area contributed by atoms with Crippen LogP contribution in [0.4, 0.5) is 11.4 Å². The second kappa shape index (κ2) is 8.16. The third kappa shape index (κ3) is 4.36. The molecule has 0 unspecified atom stereocenters. The number of carbonyl (C=O) groups excluding carboxylic acids is 1. The normalized spacial score (nSPS) is 13.3. The summed E-state index contributed by atoms with van der Waals surface area (Å²) in [6.45, 7) is 4.53. The monoisotopic (exact) mass is 442 g/mol. The number of aromatic nitrogens is 2. The van der Waals surface area contributed by atoms with Gasteiger partial charge < -0.3 is 9.88 Å². The van der Waals surface area contributed by atoms with Crippen molar-refractivity contribution >= 4 is 39.1 Å². The Morgan fingerprint density at radius 3 is 2.60 bits per heavy atom. The molecule has 1 aliphatic rings. The minimum absolute atomic E-state index is 0.118. The molecule has 3 aromatic rings. The maximum Gasteiger partial charge on any atom is 0.261 e. The second-order valence-electron chi connectivity index (χ2n) is 7.31. The predicted molar refractivity (Wildman–Crippen MR) is 119 cm³/mol. The number of sulfonamides is 1. The molecule has 0 saturated carbocycles. The molecular formula is C21H22N4O3S2. The van der Waals surface area contributed by atoms with Crippen LogP contribution >= 0.6 is 11.8 Å². The highest BCUT2D eigenvalue weighted by atomic mass is 32.2. The van der Waals surface area contributed by atoms with E-state index in [1.165, 1.54) is 12.1 Å². The zero-order chi connectivity index (χ0) is 21.3. The zero-order valence-electron chi connectivity index (χ0n) is 16.6. The van der Waals surface area contributed by atoms with Gasteiger partial charge >= 0.3 is 0 Å². The number of anilines is 2. The lowest BCUT2D eigenvalue weighted by atomic mass is 10.1. The van der Waals surface area contributed by atoms with Crippen LogP contribution in [0.5, 0.6) is 0 Å². The summed E-state index contributed by atoms with van der Waals surface area (Å²) >= 11 is 1.72. The molecule has 0 spiro atoms. The van der Waals surface area contributed by atoms with Crippen molar-refractivity contribution in [2.75, 3.05) is 15.8 Å². The van der Waals surface area contributed by atoms with Crippen LogP contribution in [-0.4, -0.2) is 29.6 Å². The number of aryl methyl sites for hydroxylation is 1. The molecule has 7 nitrogen and oxygen atoms in total. The lowest BCUT2D eigenvalue weighted by molar-refractivity contribution is -0.118. The van der Waals surface area contributed by atoms with Gasteiger partial charge in [-0.05, 0) is 36.4 Å². The largest absolute Gasteiger partial charge is 0.326 e. The number of benzene rings is 2. The van der Waals surface area contributed by atoms with Crippen LogP contribution in [0.2, 0.25) is 0 Å². The van der Waals surface area contributed by atoms with Gasteiger partial charge in [-0.2, -0.15) is 0 Å². The number of nitrogens with one attached hydrogen (secondary N) is 2. The standard InChI is InChI=1S/C21H22N4O3S2/c1-14(2)20(26)22-16-6-8-18(9-7-16)30(27,28)24-17-5-3-4-15(12-17)19-13-25-10-11-29-21(25)23-19/h3-9,12-14,24H,10-11H2,1-2H3,(H,22,26). The summed E-state index contributed by atoms with van der Waals surface area (Å²) in [5.74, 6) is 0.754. The summed E-state index contributed by atoms with van der Waals surface area (Å²) in [5, 5.41) is 3.73. The maximum absolute atomic E-state index is 12.8. The van der Waals surface area contributed by atoms with E-state index in [0.29, 0.717) is 11.4 Å². The molecule has 1 aliphatic heterocycles. The van der Waals surface area contributed by atoms with Gasteiger partial charge in [-0.25, -0.2) is 13.4 Å². The molecule has 0 atom stereocenters. The van der Waals surface area contributed by atoms with Crippen LogP contribution in [0.1, 0.15) is 13.8 Å². The first-order chi connectivity index (χ1) is 14.3. The summed E-state index contributed by atoms with van der Waals surface area (Å²) in [4.78, 5) is 16.5. The third-order valence-corrected chi connectivity index (χ3v) is 7.04. The summed E-state index contributed by atoms with van der Waals surface area (Å²) in [6, 6.07) is 13.3. The molecule has 0 fully saturated rings. The minimum Gasteiger partial charge on any atom is -0.326 e. The van der Waals surface area contributed by atoms with Crippen LogP contribution in [0, 0.1) is 5.92 Å². The number of hydrogen-bond acceptors (Lipinski definition) is 5. The van der Waals surface area contributed by atoms with Gasteiger partial charge in [0.05, 0.1) is 10.6 Å². The number of amides is 1. The van der Waals surface area contributed by atoms with Gasteiger partial charge in [-0.1, -0.05) is 37.7 Å². The van der Waals surface area contributed by atoms with Crippen molar-refractivity contribution in [3.63, 3.8) is 0 Å². The number of fused-ring (bicyclic) bond motifs is 1. The fourth-order valence-corrected chi connectivity index (χ4v) is 5.00. The Morgan fingerprint density at radius 1 is 1.13 bits per heavy atom. The Hall–Kier alpha value is -2.78. The van der Waals surface area contributed by atoms with Crippen molar-refractivity contribution in [2.45, 2.75) is 30.4 Å². The average molecular weight is 443 g/mol. The summed E-state index contributed by atoms with van der Waals surface area (Å²) in [7, 11) is -3.76. The van der Waals surface area contributed by atoms with Gasteiger partial charge in [-0.3, -0.25) is 9.52 Å². The average Bonchev–Trinajstić information content (AvgIpc) is 3.30. The van der Waals surface area contributed by atoms with E-state index in [9.17, 15) is 13.2 Å². The van der Waals surface area contributed by atoms with Crippen molar-refractivity contribution in [3.8, 4) is 11.3 Å². The molecule has 1 amide bonds. The molecule has 156 valence electrons. The Bertz CT molecular complexity index is 1160. The van der Waals surface area contributed by atoms with Gasteiger partial charge in [0.25, 0.3) is 10.0 Å². The van der Waals surface area contributed by atoms with Crippen LogP contribution in [0.15, 0.2) is 64.8 Å². The molecule has 0 saturated heterocycles. The highest BCUT2D eigenvalue weighted by Gasteiger charge is 2.17. The number of imidazole rings is 1. The lowest BCUT2D eigenvalue weighted by Crippen LogP contribution is -2.18. The first-order valence-electron chi connectivity index (χ1n) is 9.56.